The summed E-state index contributed by atoms with van der Waals surface area (Å²) in [5.74, 6) is -3.27. The molecule has 1 aromatic rings. The van der Waals surface area contributed by atoms with Crippen LogP contribution in [0.3, 0.4) is 0 Å². The molecule has 1 saturated carbocycles. The number of fused-ring (bicyclic) bond motifs is 1. The van der Waals surface area contributed by atoms with E-state index in [1.807, 2.05) is 32.0 Å². The summed E-state index contributed by atoms with van der Waals surface area (Å²) in [4.78, 5) is 24.9. The number of carbonyl (C=O) groups is 2. The average Bonchev–Trinajstić information content (AvgIpc) is 2.95. The van der Waals surface area contributed by atoms with Crippen molar-refractivity contribution in [3.05, 3.63) is 58.4 Å². The quantitative estimate of drug-likeness (QED) is 0.397. The van der Waals surface area contributed by atoms with Gasteiger partial charge in [-0.3, -0.25) is 4.79 Å². The molecule has 0 aromatic heterocycles. The van der Waals surface area contributed by atoms with Gasteiger partial charge >= 0.3 is 11.9 Å². The Morgan fingerprint density at radius 2 is 2.00 bits per heavy atom. The molecule has 0 heterocycles. The number of benzene rings is 1. The highest BCUT2D eigenvalue weighted by Gasteiger charge is 2.62. The molecule has 0 saturated heterocycles. The van der Waals surface area contributed by atoms with E-state index in [4.69, 9.17) is 21.1 Å². The first-order valence-corrected chi connectivity index (χ1v) is 10.9. The summed E-state index contributed by atoms with van der Waals surface area (Å²) in [5.41, 5.74) is 1.97. The molecule has 1 fully saturated rings. The van der Waals surface area contributed by atoms with Gasteiger partial charge in [-0.25, -0.2) is 4.79 Å². The van der Waals surface area contributed by atoms with Gasteiger partial charge in [0.05, 0.1) is 5.92 Å². The smallest absolute Gasteiger partial charge is 0.367 e. The highest BCUT2D eigenvalue weighted by molar-refractivity contribution is 6.29. The molecule has 0 N–H and O–H groups in total. The molecule has 2 aliphatic rings. The molecule has 4 nitrogen and oxygen atoms in total. The first kappa shape index (κ1) is 23.5. The summed E-state index contributed by atoms with van der Waals surface area (Å²) >= 11 is 5.98. The van der Waals surface area contributed by atoms with Crippen LogP contribution in [0.25, 0.3) is 0 Å². The van der Waals surface area contributed by atoms with Gasteiger partial charge in [-0.1, -0.05) is 50.2 Å². The summed E-state index contributed by atoms with van der Waals surface area (Å²) in [6.07, 6.45) is 2.96. The van der Waals surface area contributed by atoms with Crippen molar-refractivity contribution in [1.82, 2.24) is 0 Å². The van der Waals surface area contributed by atoms with Crippen LogP contribution in [0.5, 0.6) is 0 Å². The van der Waals surface area contributed by atoms with Gasteiger partial charge < -0.3 is 9.47 Å². The maximum Gasteiger partial charge on any atom is 0.367 e. The molecule has 2 aliphatic carbocycles. The molecule has 3 atom stereocenters. The third kappa shape index (κ3) is 5.20. The maximum atomic E-state index is 14.4. The first-order chi connectivity index (χ1) is 14.3. The van der Waals surface area contributed by atoms with E-state index >= 15 is 0 Å². The van der Waals surface area contributed by atoms with Crippen molar-refractivity contribution in [3.63, 3.8) is 0 Å². The fraction of sp³-hybridized carbons (Fsp3) is 0.520. The largest absolute Gasteiger partial charge is 0.457 e. The lowest BCUT2D eigenvalue weighted by Gasteiger charge is -2.18. The summed E-state index contributed by atoms with van der Waals surface area (Å²) in [6, 6.07) is 5.92. The van der Waals surface area contributed by atoms with Crippen LogP contribution in [-0.2, 0) is 31.9 Å². The molecule has 31 heavy (non-hydrogen) atoms. The Balaban J connectivity index is 1.69. The number of allylic oxidation sites excluding steroid dienone is 2. The Labute approximate surface area is 188 Å². The Morgan fingerprint density at radius 1 is 1.32 bits per heavy atom. The zero-order valence-electron chi connectivity index (χ0n) is 18.8. The SMILES string of the molecule is C=C(Cl)Cc1cccc2c1CCC2OC(=O)[C@@H]1[C@H](C=C(F)C(=O)OC(C)(C)C)C1(C)C. The summed E-state index contributed by atoms with van der Waals surface area (Å²) in [7, 11) is 0. The van der Waals surface area contributed by atoms with E-state index in [-0.39, 0.29) is 12.1 Å². The number of ether oxygens (including phenoxy) is 2. The molecule has 6 heteroatoms. The van der Waals surface area contributed by atoms with Crippen LogP contribution in [0.1, 0.15) is 63.8 Å². The number of carbonyl (C=O) groups excluding carboxylic acids is 2. The monoisotopic (exact) mass is 448 g/mol. The number of rotatable bonds is 6. The molecule has 3 rings (SSSR count). The zero-order chi connectivity index (χ0) is 23.1. The minimum absolute atomic E-state index is 0.331. The van der Waals surface area contributed by atoms with E-state index in [2.05, 4.69) is 6.58 Å². The topological polar surface area (TPSA) is 52.6 Å². The van der Waals surface area contributed by atoms with E-state index in [9.17, 15) is 14.0 Å². The van der Waals surface area contributed by atoms with E-state index in [1.54, 1.807) is 20.8 Å². The van der Waals surface area contributed by atoms with Crippen LogP contribution in [0.15, 0.2) is 41.7 Å². The van der Waals surface area contributed by atoms with Crippen LogP contribution in [0.4, 0.5) is 4.39 Å². The Bertz CT molecular complexity index is 941. The highest BCUT2D eigenvalue weighted by atomic mass is 35.5. The number of esters is 2. The predicted octanol–water partition coefficient (Wildman–Crippen LogP) is 5.98. The third-order valence-corrected chi connectivity index (χ3v) is 6.17. The molecular weight excluding hydrogens is 419 g/mol. The standard InChI is InChI=1S/C25H30ClFO4/c1-14(26)12-15-8-7-9-17-16(15)10-11-20(17)30-23(29)21-18(25(21,5)6)13-19(27)22(28)31-24(2,3)4/h7-9,13,18,20-21H,1,10-12H2,2-6H3/t18-,20?,21-/m0/s1. The Hall–Kier alpha value is -2.14. The van der Waals surface area contributed by atoms with Crippen LogP contribution in [0, 0.1) is 17.3 Å². The zero-order valence-corrected chi connectivity index (χ0v) is 19.5. The van der Waals surface area contributed by atoms with Gasteiger partial charge in [-0.2, -0.15) is 4.39 Å². The van der Waals surface area contributed by atoms with Crippen molar-refractivity contribution in [1.29, 1.82) is 0 Å². The lowest BCUT2D eigenvalue weighted by molar-refractivity contribution is -0.153. The molecule has 0 radical (unpaired) electrons. The van der Waals surface area contributed by atoms with Crippen LogP contribution >= 0.6 is 11.6 Å². The minimum atomic E-state index is -1.01. The van der Waals surface area contributed by atoms with Crippen LogP contribution in [-0.4, -0.2) is 17.5 Å². The van der Waals surface area contributed by atoms with Gasteiger partial charge in [0.1, 0.15) is 11.7 Å². The Morgan fingerprint density at radius 3 is 2.61 bits per heavy atom. The normalized spacial score (nSPS) is 24.4. The summed E-state index contributed by atoms with van der Waals surface area (Å²) in [6.45, 7) is 12.5. The minimum Gasteiger partial charge on any atom is -0.457 e. The molecular formula is C25H30ClFO4. The number of hydrogen-bond donors (Lipinski definition) is 0. The van der Waals surface area contributed by atoms with Crippen molar-refractivity contribution < 1.29 is 23.5 Å². The highest BCUT2D eigenvalue weighted by Crippen LogP contribution is 2.60. The molecule has 168 valence electrons. The van der Waals surface area contributed by atoms with Gasteiger partial charge in [0.25, 0.3) is 0 Å². The fourth-order valence-electron chi connectivity index (χ4n) is 4.39. The lowest BCUT2D eigenvalue weighted by atomic mass is 10.0. The summed E-state index contributed by atoms with van der Waals surface area (Å²) < 4.78 is 25.3. The first-order valence-electron chi connectivity index (χ1n) is 10.6. The number of hydrogen-bond acceptors (Lipinski definition) is 4. The van der Waals surface area contributed by atoms with Crippen LogP contribution in [0.2, 0.25) is 0 Å². The van der Waals surface area contributed by atoms with E-state index < -0.39 is 34.6 Å². The van der Waals surface area contributed by atoms with E-state index in [0.29, 0.717) is 17.9 Å². The van der Waals surface area contributed by atoms with Crippen molar-refractivity contribution in [2.45, 2.75) is 65.6 Å². The molecule has 0 amide bonds. The average molecular weight is 449 g/mol. The Kier molecular flexibility index (Phi) is 6.39. The third-order valence-electron chi connectivity index (χ3n) is 6.04. The fourth-order valence-corrected chi connectivity index (χ4v) is 4.54. The number of halogens is 2. The molecule has 1 aromatic carbocycles. The van der Waals surface area contributed by atoms with Gasteiger partial charge in [-0.05, 0) is 67.7 Å². The van der Waals surface area contributed by atoms with Gasteiger partial charge in [0, 0.05) is 11.5 Å². The lowest BCUT2D eigenvalue weighted by Crippen LogP contribution is -2.24. The molecule has 0 spiro atoms. The van der Waals surface area contributed by atoms with Gasteiger partial charge in [-0.15, -0.1) is 0 Å². The van der Waals surface area contributed by atoms with E-state index in [0.717, 1.165) is 23.1 Å². The molecule has 1 unspecified atom stereocenters. The van der Waals surface area contributed by atoms with Gasteiger partial charge in [0.2, 0.25) is 5.83 Å². The predicted molar refractivity (Wildman–Crippen MR) is 118 cm³/mol. The molecule has 0 bridgehead atoms. The van der Waals surface area contributed by atoms with Crippen molar-refractivity contribution in [2.75, 3.05) is 0 Å². The second kappa shape index (κ2) is 8.42. The van der Waals surface area contributed by atoms with E-state index in [1.165, 1.54) is 6.08 Å². The maximum absolute atomic E-state index is 14.4. The van der Waals surface area contributed by atoms with Gasteiger partial charge in [0.15, 0.2) is 0 Å². The second-order valence-corrected chi connectivity index (χ2v) is 10.5. The van der Waals surface area contributed by atoms with Crippen molar-refractivity contribution >= 4 is 23.5 Å². The second-order valence-electron chi connectivity index (χ2n) is 9.98. The van der Waals surface area contributed by atoms with Crippen molar-refractivity contribution in [3.8, 4) is 0 Å². The van der Waals surface area contributed by atoms with Crippen LogP contribution < -0.4 is 0 Å². The molecule has 0 aliphatic heterocycles. The van der Waals surface area contributed by atoms with Crippen molar-refractivity contribution in [2.24, 2.45) is 17.3 Å². The summed E-state index contributed by atoms with van der Waals surface area (Å²) in [5, 5.41) is 0.565.